The first kappa shape index (κ1) is 16.1. The van der Waals surface area contributed by atoms with E-state index in [1.54, 1.807) is 0 Å². The normalized spacial score (nSPS) is 11.7. The van der Waals surface area contributed by atoms with Crippen LogP contribution in [0.15, 0.2) is 17.0 Å². The Balaban J connectivity index is 2.25. The Hall–Kier alpha value is -1.25. The van der Waals surface area contributed by atoms with Crippen molar-refractivity contribution >= 4 is 31.1 Å². The smallest absolute Gasteiger partial charge is 0.261 e. The number of hydrogen-bond acceptors (Lipinski definition) is 5. The van der Waals surface area contributed by atoms with Gasteiger partial charge in [0.2, 0.25) is 0 Å². The molecule has 0 N–H and O–H groups in total. The van der Waals surface area contributed by atoms with Gasteiger partial charge in [0.25, 0.3) is 9.05 Å². The standard InChI is InChI=1S/C12H10ClF2NO3S2/c1-6-7(2)20-11(16-6)5-19-12-9(14)3-8(4-10(12)15)21(13,17)18/h3-4H,5H2,1-2H3. The number of benzene rings is 1. The van der Waals surface area contributed by atoms with Crippen molar-refractivity contribution in [2.45, 2.75) is 25.3 Å². The summed E-state index contributed by atoms with van der Waals surface area (Å²) in [5.74, 6) is -2.94. The molecule has 0 fully saturated rings. The van der Waals surface area contributed by atoms with Crippen LogP contribution < -0.4 is 4.74 Å². The number of halogens is 3. The zero-order chi connectivity index (χ0) is 15.8. The summed E-state index contributed by atoms with van der Waals surface area (Å²) in [7, 11) is 0.830. The summed E-state index contributed by atoms with van der Waals surface area (Å²) in [6.07, 6.45) is 0. The van der Waals surface area contributed by atoms with Crippen molar-refractivity contribution in [3.05, 3.63) is 39.3 Å². The molecule has 4 nitrogen and oxygen atoms in total. The lowest BCUT2D eigenvalue weighted by molar-refractivity contribution is 0.272. The molecule has 21 heavy (non-hydrogen) atoms. The van der Waals surface area contributed by atoms with E-state index in [9.17, 15) is 17.2 Å². The Labute approximate surface area is 128 Å². The van der Waals surface area contributed by atoms with E-state index in [-0.39, 0.29) is 6.61 Å². The number of nitrogens with zero attached hydrogens (tertiary/aromatic N) is 1. The molecule has 0 amide bonds. The molecule has 0 atom stereocenters. The lowest BCUT2D eigenvalue weighted by Crippen LogP contribution is -2.02. The Morgan fingerprint density at radius 2 is 1.86 bits per heavy atom. The van der Waals surface area contributed by atoms with Gasteiger partial charge >= 0.3 is 0 Å². The van der Waals surface area contributed by atoms with Gasteiger partial charge in [0.1, 0.15) is 11.6 Å². The summed E-state index contributed by atoms with van der Waals surface area (Å²) in [6.45, 7) is 3.58. The highest BCUT2D eigenvalue weighted by Crippen LogP contribution is 2.28. The Morgan fingerprint density at radius 3 is 2.29 bits per heavy atom. The molecular weight excluding hydrogens is 344 g/mol. The maximum Gasteiger partial charge on any atom is 0.261 e. The molecule has 0 saturated carbocycles. The van der Waals surface area contributed by atoms with Crippen LogP contribution in [-0.2, 0) is 15.7 Å². The van der Waals surface area contributed by atoms with Crippen LogP contribution in [-0.4, -0.2) is 13.4 Å². The highest BCUT2D eigenvalue weighted by atomic mass is 35.7. The predicted octanol–water partition coefficient (Wildman–Crippen LogP) is 3.54. The Bertz CT molecular complexity index is 747. The third-order valence-corrected chi connectivity index (χ3v) is 5.05. The fourth-order valence-corrected chi connectivity index (χ4v) is 3.15. The van der Waals surface area contributed by atoms with Gasteiger partial charge in [-0.15, -0.1) is 11.3 Å². The van der Waals surface area contributed by atoms with Gasteiger partial charge in [-0.2, -0.15) is 0 Å². The summed E-state index contributed by atoms with van der Waals surface area (Å²) < 4.78 is 54.6. The van der Waals surface area contributed by atoms with Crippen molar-refractivity contribution in [3.8, 4) is 5.75 Å². The van der Waals surface area contributed by atoms with Crippen LogP contribution in [0.2, 0.25) is 0 Å². The molecule has 0 unspecified atom stereocenters. The molecule has 2 rings (SSSR count). The molecule has 0 spiro atoms. The van der Waals surface area contributed by atoms with Crippen LogP contribution in [0, 0.1) is 25.5 Å². The van der Waals surface area contributed by atoms with Gasteiger partial charge in [0, 0.05) is 15.6 Å². The molecule has 0 aliphatic carbocycles. The van der Waals surface area contributed by atoms with Crippen LogP contribution in [0.4, 0.5) is 8.78 Å². The van der Waals surface area contributed by atoms with Gasteiger partial charge in [0.15, 0.2) is 17.4 Å². The maximum atomic E-state index is 13.7. The van der Waals surface area contributed by atoms with Gasteiger partial charge in [-0.05, 0) is 26.0 Å². The second-order valence-electron chi connectivity index (χ2n) is 4.19. The maximum absolute atomic E-state index is 13.7. The molecule has 0 saturated heterocycles. The van der Waals surface area contributed by atoms with Crippen molar-refractivity contribution in [1.29, 1.82) is 0 Å². The number of thiazole rings is 1. The zero-order valence-corrected chi connectivity index (χ0v) is 13.4. The molecule has 1 heterocycles. The average Bonchev–Trinajstić information content (AvgIpc) is 2.66. The summed E-state index contributed by atoms with van der Waals surface area (Å²) in [5, 5.41) is 0.567. The van der Waals surface area contributed by atoms with Crippen molar-refractivity contribution in [2.75, 3.05) is 0 Å². The van der Waals surface area contributed by atoms with Crippen LogP contribution >= 0.6 is 22.0 Å². The van der Waals surface area contributed by atoms with E-state index >= 15 is 0 Å². The van der Waals surface area contributed by atoms with E-state index in [2.05, 4.69) is 4.98 Å². The highest BCUT2D eigenvalue weighted by Gasteiger charge is 2.19. The van der Waals surface area contributed by atoms with E-state index in [0.29, 0.717) is 17.1 Å². The van der Waals surface area contributed by atoms with E-state index in [0.717, 1.165) is 10.6 Å². The lowest BCUT2D eigenvalue weighted by Gasteiger charge is -2.08. The van der Waals surface area contributed by atoms with E-state index in [1.165, 1.54) is 11.3 Å². The number of aromatic nitrogens is 1. The summed E-state index contributed by atoms with van der Waals surface area (Å²) in [6, 6.07) is 1.22. The number of ether oxygens (including phenoxy) is 1. The second kappa shape index (κ2) is 5.86. The van der Waals surface area contributed by atoms with Crippen LogP contribution in [0.5, 0.6) is 5.75 Å². The van der Waals surface area contributed by atoms with E-state index in [1.807, 2.05) is 13.8 Å². The van der Waals surface area contributed by atoms with Crippen molar-refractivity contribution in [3.63, 3.8) is 0 Å². The second-order valence-corrected chi connectivity index (χ2v) is 8.05. The fraction of sp³-hybridized carbons (Fsp3) is 0.250. The van der Waals surface area contributed by atoms with Gasteiger partial charge in [0.05, 0.1) is 10.6 Å². The molecule has 9 heteroatoms. The SMILES string of the molecule is Cc1nc(COc2c(F)cc(S(=O)(=O)Cl)cc2F)sc1C. The van der Waals surface area contributed by atoms with Crippen LogP contribution in [0.3, 0.4) is 0 Å². The summed E-state index contributed by atoms with van der Waals surface area (Å²) in [5.41, 5.74) is 0.822. The molecule has 2 aromatic rings. The largest absolute Gasteiger partial charge is 0.480 e. The minimum atomic E-state index is -4.21. The zero-order valence-electron chi connectivity index (χ0n) is 11.0. The molecule has 0 radical (unpaired) electrons. The van der Waals surface area contributed by atoms with Crippen molar-refractivity contribution < 1.29 is 21.9 Å². The monoisotopic (exact) mass is 353 g/mol. The van der Waals surface area contributed by atoms with Gasteiger partial charge in [-0.3, -0.25) is 0 Å². The Morgan fingerprint density at radius 1 is 1.29 bits per heavy atom. The fourth-order valence-electron chi connectivity index (χ4n) is 1.55. The molecule has 0 bridgehead atoms. The molecule has 1 aromatic heterocycles. The number of aryl methyl sites for hydroxylation is 2. The first-order valence-electron chi connectivity index (χ1n) is 5.68. The first-order valence-corrected chi connectivity index (χ1v) is 8.80. The van der Waals surface area contributed by atoms with Gasteiger partial charge < -0.3 is 4.74 Å². The average molecular weight is 354 g/mol. The summed E-state index contributed by atoms with van der Waals surface area (Å²) >= 11 is 1.35. The van der Waals surface area contributed by atoms with E-state index < -0.39 is 31.3 Å². The topological polar surface area (TPSA) is 56.3 Å². The minimum Gasteiger partial charge on any atom is -0.480 e. The number of hydrogen-bond donors (Lipinski definition) is 0. The molecule has 1 aromatic carbocycles. The van der Waals surface area contributed by atoms with E-state index in [4.69, 9.17) is 15.4 Å². The number of rotatable bonds is 4. The third-order valence-electron chi connectivity index (χ3n) is 2.67. The molecule has 0 aliphatic heterocycles. The van der Waals surface area contributed by atoms with Crippen molar-refractivity contribution in [1.82, 2.24) is 4.98 Å². The lowest BCUT2D eigenvalue weighted by atomic mass is 10.3. The molecule has 114 valence electrons. The molecular formula is C12H10ClF2NO3S2. The quantitative estimate of drug-likeness (QED) is 0.789. The van der Waals surface area contributed by atoms with Crippen molar-refractivity contribution in [2.24, 2.45) is 0 Å². The first-order chi connectivity index (χ1) is 9.68. The highest BCUT2D eigenvalue weighted by molar-refractivity contribution is 8.13. The van der Waals surface area contributed by atoms with Gasteiger partial charge in [-0.1, -0.05) is 0 Å². The molecule has 0 aliphatic rings. The minimum absolute atomic E-state index is 0.111. The van der Waals surface area contributed by atoms with Crippen LogP contribution in [0.25, 0.3) is 0 Å². The summed E-state index contributed by atoms with van der Waals surface area (Å²) in [4.78, 5) is 4.50. The third kappa shape index (κ3) is 3.69. The van der Waals surface area contributed by atoms with Crippen LogP contribution in [0.1, 0.15) is 15.6 Å². The van der Waals surface area contributed by atoms with Gasteiger partial charge in [-0.25, -0.2) is 22.2 Å². The Kier molecular flexibility index (Phi) is 4.50. The predicted molar refractivity (Wildman–Crippen MR) is 75.3 cm³/mol.